The lowest BCUT2D eigenvalue weighted by atomic mass is 10.0. The first-order chi connectivity index (χ1) is 14.1. The molecule has 2 atom stereocenters. The standard InChI is InChI=1S/C20H21F3N2O4S/c1-12-6-8-25(9-7-18(12)26)30(28,29)19-10-13(2-4-16(19)22)20(27)24-14-3-5-15(21)17(23)11-14/h2-5,10-12,18,26H,6-9H2,1H3,(H,24,27). The minimum absolute atomic E-state index is 0.0263. The minimum atomic E-state index is -4.25. The highest BCUT2D eigenvalue weighted by Gasteiger charge is 2.32. The molecule has 0 aromatic heterocycles. The fourth-order valence-corrected chi connectivity index (χ4v) is 4.77. The van der Waals surface area contributed by atoms with Crippen molar-refractivity contribution in [2.24, 2.45) is 5.92 Å². The molecule has 0 saturated carbocycles. The summed E-state index contributed by atoms with van der Waals surface area (Å²) in [4.78, 5) is 11.8. The average Bonchev–Trinajstić information content (AvgIpc) is 2.86. The van der Waals surface area contributed by atoms with Crippen molar-refractivity contribution < 1.29 is 31.5 Å². The third kappa shape index (κ3) is 4.66. The summed E-state index contributed by atoms with van der Waals surface area (Å²) >= 11 is 0. The Labute approximate surface area is 172 Å². The number of sulfonamides is 1. The van der Waals surface area contributed by atoms with Crippen LogP contribution in [0.2, 0.25) is 0 Å². The summed E-state index contributed by atoms with van der Waals surface area (Å²) in [5.74, 6) is -4.16. The first kappa shape index (κ1) is 22.3. The fourth-order valence-electron chi connectivity index (χ4n) is 3.21. The Hall–Kier alpha value is -2.43. The molecule has 3 rings (SSSR count). The number of amides is 1. The van der Waals surface area contributed by atoms with Crippen LogP contribution in [0.1, 0.15) is 30.1 Å². The lowest BCUT2D eigenvalue weighted by molar-refractivity contribution is 0.102. The number of nitrogens with one attached hydrogen (secondary N) is 1. The Morgan fingerprint density at radius 2 is 1.70 bits per heavy atom. The number of carbonyl (C=O) groups excluding carboxylic acids is 1. The van der Waals surface area contributed by atoms with E-state index in [0.29, 0.717) is 6.42 Å². The van der Waals surface area contributed by atoms with Gasteiger partial charge in [0, 0.05) is 30.4 Å². The van der Waals surface area contributed by atoms with E-state index in [9.17, 15) is 31.5 Å². The minimum Gasteiger partial charge on any atom is -0.393 e. The van der Waals surface area contributed by atoms with Gasteiger partial charge in [-0.15, -0.1) is 0 Å². The molecule has 0 bridgehead atoms. The second kappa shape index (κ2) is 8.75. The fraction of sp³-hybridized carbons (Fsp3) is 0.350. The number of rotatable bonds is 4. The maximum atomic E-state index is 14.4. The molecule has 2 N–H and O–H groups in total. The van der Waals surface area contributed by atoms with E-state index in [-0.39, 0.29) is 36.7 Å². The van der Waals surface area contributed by atoms with Crippen LogP contribution in [0.4, 0.5) is 18.9 Å². The molecule has 10 heteroatoms. The number of benzene rings is 2. The molecule has 1 saturated heterocycles. The molecule has 2 aromatic carbocycles. The van der Waals surface area contributed by atoms with Gasteiger partial charge in [0.2, 0.25) is 10.0 Å². The molecule has 0 radical (unpaired) electrons. The molecule has 30 heavy (non-hydrogen) atoms. The second-order valence-corrected chi connectivity index (χ2v) is 9.16. The van der Waals surface area contributed by atoms with E-state index in [1.54, 1.807) is 0 Å². The molecule has 1 aliphatic rings. The lowest BCUT2D eigenvalue weighted by Crippen LogP contribution is -2.33. The highest BCUT2D eigenvalue weighted by Crippen LogP contribution is 2.26. The lowest BCUT2D eigenvalue weighted by Gasteiger charge is -2.20. The van der Waals surface area contributed by atoms with E-state index in [4.69, 9.17) is 0 Å². The van der Waals surface area contributed by atoms with E-state index in [1.165, 1.54) is 0 Å². The maximum absolute atomic E-state index is 14.4. The number of anilines is 1. The van der Waals surface area contributed by atoms with Gasteiger partial charge >= 0.3 is 0 Å². The van der Waals surface area contributed by atoms with Crippen LogP contribution >= 0.6 is 0 Å². The van der Waals surface area contributed by atoms with Crippen molar-refractivity contribution in [1.82, 2.24) is 4.31 Å². The van der Waals surface area contributed by atoms with Crippen LogP contribution in [-0.4, -0.2) is 42.9 Å². The van der Waals surface area contributed by atoms with Crippen LogP contribution in [0.5, 0.6) is 0 Å². The number of carbonyl (C=O) groups is 1. The van der Waals surface area contributed by atoms with Crippen LogP contribution in [0.25, 0.3) is 0 Å². The molecular formula is C20H21F3N2O4S. The predicted molar refractivity (Wildman–Crippen MR) is 104 cm³/mol. The van der Waals surface area contributed by atoms with Crippen molar-refractivity contribution in [2.45, 2.75) is 30.8 Å². The van der Waals surface area contributed by atoms with Crippen LogP contribution in [0.15, 0.2) is 41.3 Å². The summed E-state index contributed by atoms with van der Waals surface area (Å²) in [6, 6.07) is 5.62. The van der Waals surface area contributed by atoms with Gasteiger partial charge in [0.15, 0.2) is 11.6 Å². The van der Waals surface area contributed by atoms with Crippen LogP contribution < -0.4 is 5.32 Å². The van der Waals surface area contributed by atoms with Crippen molar-refractivity contribution in [3.63, 3.8) is 0 Å². The van der Waals surface area contributed by atoms with Crippen molar-refractivity contribution in [1.29, 1.82) is 0 Å². The third-order valence-electron chi connectivity index (χ3n) is 5.15. The monoisotopic (exact) mass is 442 g/mol. The number of aliphatic hydroxyl groups excluding tert-OH is 1. The Balaban J connectivity index is 1.86. The topological polar surface area (TPSA) is 86.7 Å². The van der Waals surface area contributed by atoms with Crippen molar-refractivity contribution in [3.05, 3.63) is 59.4 Å². The van der Waals surface area contributed by atoms with Gasteiger partial charge in [-0.25, -0.2) is 21.6 Å². The zero-order valence-corrected chi connectivity index (χ0v) is 16.9. The number of aliphatic hydroxyl groups is 1. The van der Waals surface area contributed by atoms with Gasteiger partial charge in [-0.05, 0) is 49.1 Å². The van der Waals surface area contributed by atoms with Crippen molar-refractivity contribution in [2.75, 3.05) is 18.4 Å². The molecule has 1 heterocycles. The Bertz CT molecular complexity index is 1050. The zero-order chi connectivity index (χ0) is 22.1. The van der Waals surface area contributed by atoms with E-state index in [1.807, 2.05) is 6.92 Å². The van der Waals surface area contributed by atoms with Crippen LogP contribution in [0.3, 0.4) is 0 Å². The molecule has 1 amide bonds. The molecule has 1 fully saturated rings. The van der Waals surface area contributed by atoms with Gasteiger partial charge in [-0.2, -0.15) is 4.31 Å². The average molecular weight is 442 g/mol. The Morgan fingerprint density at radius 1 is 1.03 bits per heavy atom. The quantitative estimate of drug-likeness (QED) is 0.762. The van der Waals surface area contributed by atoms with Gasteiger partial charge in [0.25, 0.3) is 5.91 Å². The summed E-state index contributed by atoms with van der Waals surface area (Å²) in [6.07, 6.45) is -0.0142. The Kier molecular flexibility index (Phi) is 6.49. The van der Waals surface area contributed by atoms with E-state index < -0.39 is 44.4 Å². The predicted octanol–water partition coefficient (Wildman–Crippen LogP) is 3.14. The smallest absolute Gasteiger partial charge is 0.255 e. The van der Waals surface area contributed by atoms with Gasteiger partial charge in [-0.1, -0.05) is 6.92 Å². The van der Waals surface area contributed by atoms with Gasteiger partial charge in [-0.3, -0.25) is 4.79 Å². The van der Waals surface area contributed by atoms with E-state index >= 15 is 0 Å². The molecule has 1 aliphatic heterocycles. The molecule has 6 nitrogen and oxygen atoms in total. The largest absolute Gasteiger partial charge is 0.393 e. The Morgan fingerprint density at radius 3 is 2.40 bits per heavy atom. The first-order valence-corrected chi connectivity index (χ1v) is 10.8. The normalized spacial score (nSPS) is 20.6. The molecule has 2 unspecified atom stereocenters. The van der Waals surface area contributed by atoms with Crippen molar-refractivity contribution >= 4 is 21.6 Å². The summed E-state index contributed by atoms with van der Waals surface area (Å²) in [7, 11) is -4.25. The number of hydrogen-bond donors (Lipinski definition) is 2. The van der Waals surface area contributed by atoms with Gasteiger partial charge in [0.1, 0.15) is 10.7 Å². The molecule has 162 valence electrons. The molecular weight excluding hydrogens is 421 g/mol. The molecule has 2 aromatic rings. The summed E-state index contributed by atoms with van der Waals surface area (Å²) in [5, 5.41) is 12.3. The highest BCUT2D eigenvalue weighted by molar-refractivity contribution is 7.89. The number of nitrogens with zero attached hydrogens (tertiary/aromatic N) is 1. The zero-order valence-electron chi connectivity index (χ0n) is 16.1. The highest BCUT2D eigenvalue weighted by atomic mass is 32.2. The summed E-state index contributed by atoms with van der Waals surface area (Å²) in [5.41, 5.74) is -0.203. The molecule has 0 spiro atoms. The third-order valence-corrected chi connectivity index (χ3v) is 7.07. The first-order valence-electron chi connectivity index (χ1n) is 9.34. The van der Waals surface area contributed by atoms with Gasteiger partial charge in [0.05, 0.1) is 6.10 Å². The van der Waals surface area contributed by atoms with E-state index in [0.717, 1.165) is 40.7 Å². The second-order valence-electron chi connectivity index (χ2n) is 7.25. The number of hydrogen-bond acceptors (Lipinski definition) is 4. The van der Waals surface area contributed by atoms with Gasteiger partial charge < -0.3 is 10.4 Å². The SMILES string of the molecule is CC1CCN(S(=O)(=O)c2cc(C(=O)Nc3ccc(F)c(F)c3)ccc2F)CCC1O. The van der Waals surface area contributed by atoms with E-state index in [2.05, 4.69) is 5.32 Å². The maximum Gasteiger partial charge on any atom is 0.255 e. The molecule has 0 aliphatic carbocycles. The van der Waals surface area contributed by atoms with Crippen molar-refractivity contribution in [3.8, 4) is 0 Å². The van der Waals surface area contributed by atoms with Crippen LogP contribution in [-0.2, 0) is 10.0 Å². The van der Waals surface area contributed by atoms with Crippen LogP contribution in [0, 0.1) is 23.4 Å². The summed E-state index contributed by atoms with van der Waals surface area (Å²) in [6.45, 7) is 1.95. The number of halogens is 3. The summed E-state index contributed by atoms with van der Waals surface area (Å²) < 4.78 is 67.8.